The zero-order valence-electron chi connectivity index (χ0n) is 12.0. The Morgan fingerprint density at radius 1 is 1.00 bits per heavy atom. The van der Waals surface area contributed by atoms with Crippen molar-refractivity contribution in [2.24, 2.45) is 0 Å². The molecule has 0 unspecified atom stereocenters. The first-order valence-electron chi connectivity index (χ1n) is 6.95. The maximum absolute atomic E-state index is 5.97. The van der Waals surface area contributed by atoms with E-state index in [2.05, 4.69) is 36.2 Å². The van der Waals surface area contributed by atoms with E-state index in [9.17, 15) is 0 Å². The minimum absolute atomic E-state index is 0.496. The molecule has 104 valence electrons. The van der Waals surface area contributed by atoms with Gasteiger partial charge in [-0.15, -0.1) is 0 Å². The molecule has 2 N–H and O–H groups in total. The summed E-state index contributed by atoms with van der Waals surface area (Å²) in [7, 11) is 0. The van der Waals surface area contributed by atoms with Gasteiger partial charge in [0, 0.05) is 12.0 Å². The Morgan fingerprint density at radius 2 is 1.81 bits per heavy atom. The van der Waals surface area contributed by atoms with E-state index in [0.29, 0.717) is 12.2 Å². The van der Waals surface area contributed by atoms with Gasteiger partial charge < -0.3 is 5.73 Å². The summed E-state index contributed by atoms with van der Waals surface area (Å²) in [6.07, 6.45) is 2.43. The number of aryl methyl sites for hydroxylation is 1. The lowest BCUT2D eigenvalue weighted by atomic mass is 10.1. The summed E-state index contributed by atoms with van der Waals surface area (Å²) in [4.78, 5) is 8.99. The lowest BCUT2D eigenvalue weighted by Gasteiger charge is -2.08. The van der Waals surface area contributed by atoms with Crippen LogP contribution in [0.2, 0.25) is 0 Å². The Labute approximate surface area is 124 Å². The molecule has 1 aromatic heterocycles. The Balaban J connectivity index is 1.97. The smallest absolute Gasteiger partial charge is 0.145 e. The monoisotopic (exact) mass is 275 g/mol. The zero-order chi connectivity index (χ0) is 14.7. The molecule has 0 bridgehead atoms. The normalized spacial score (nSPS) is 10.5. The molecule has 3 aromatic rings. The summed E-state index contributed by atoms with van der Waals surface area (Å²) in [5, 5.41) is 0. The van der Waals surface area contributed by atoms with Crippen LogP contribution in [0.3, 0.4) is 0 Å². The molecule has 3 nitrogen and oxygen atoms in total. The maximum Gasteiger partial charge on any atom is 0.145 e. The van der Waals surface area contributed by atoms with E-state index >= 15 is 0 Å². The van der Waals surface area contributed by atoms with Crippen LogP contribution in [0.4, 0.5) is 5.82 Å². The zero-order valence-corrected chi connectivity index (χ0v) is 12.0. The molecular weight excluding hydrogens is 258 g/mol. The first-order valence-corrected chi connectivity index (χ1v) is 6.95. The average molecular weight is 275 g/mol. The van der Waals surface area contributed by atoms with Gasteiger partial charge in [-0.2, -0.15) is 0 Å². The molecule has 2 aromatic carbocycles. The molecular formula is C18H17N3. The van der Waals surface area contributed by atoms with Crippen molar-refractivity contribution in [2.45, 2.75) is 13.3 Å². The summed E-state index contributed by atoms with van der Waals surface area (Å²) < 4.78 is 0. The van der Waals surface area contributed by atoms with E-state index in [1.165, 1.54) is 11.1 Å². The van der Waals surface area contributed by atoms with Crippen LogP contribution in [0.5, 0.6) is 0 Å². The van der Waals surface area contributed by atoms with Crippen molar-refractivity contribution in [1.82, 2.24) is 9.97 Å². The minimum Gasteiger partial charge on any atom is -0.382 e. The van der Waals surface area contributed by atoms with Gasteiger partial charge in [0.25, 0.3) is 0 Å². The van der Waals surface area contributed by atoms with Crippen LogP contribution in [0.15, 0.2) is 60.8 Å². The highest BCUT2D eigenvalue weighted by atomic mass is 14.9. The molecule has 0 atom stereocenters. The number of nitrogens with zero attached hydrogens (tertiary/aromatic N) is 2. The van der Waals surface area contributed by atoms with Crippen LogP contribution < -0.4 is 5.73 Å². The number of hydrogen-bond acceptors (Lipinski definition) is 3. The molecule has 0 aliphatic heterocycles. The van der Waals surface area contributed by atoms with Gasteiger partial charge in [0.15, 0.2) is 0 Å². The van der Waals surface area contributed by atoms with Crippen LogP contribution in [-0.2, 0) is 6.42 Å². The summed E-state index contributed by atoms with van der Waals surface area (Å²) >= 11 is 0. The summed E-state index contributed by atoms with van der Waals surface area (Å²) in [5.74, 6) is 0.496. The van der Waals surface area contributed by atoms with Gasteiger partial charge in [0.2, 0.25) is 0 Å². The highest BCUT2D eigenvalue weighted by Gasteiger charge is 2.07. The predicted molar refractivity (Wildman–Crippen MR) is 85.9 cm³/mol. The van der Waals surface area contributed by atoms with Crippen molar-refractivity contribution < 1.29 is 0 Å². The molecule has 0 amide bonds. The molecule has 0 aliphatic rings. The highest BCUT2D eigenvalue weighted by Crippen LogP contribution is 2.21. The topological polar surface area (TPSA) is 51.8 Å². The van der Waals surface area contributed by atoms with Crippen molar-refractivity contribution in [3.05, 3.63) is 77.6 Å². The average Bonchev–Trinajstić information content (AvgIpc) is 2.50. The van der Waals surface area contributed by atoms with Crippen LogP contribution in [-0.4, -0.2) is 9.97 Å². The Bertz CT molecular complexity index is 751. The van der Waals surface area contributed by atoms with Gasteiger partial charge >= 0.3 is 0 Å². The van der Waals surface area contributed by atoms with Crippen molar-refractivity contribution in [3.8, 4) is 11.3 Å². The van der Waals surface area contributed by atoms with Crippen LogP contribution in [0.1, 0.15) is 16.8 Å². The molecule has 0 spiro atoms. The van der Waals surface area contributed by atoms with E-state index in [4.69, 9.17) is 10.7 Å². The van der Waals surface area contributed by atoms with E-state index in [0.717, 1.165) is 17.0 Å². The third-order valence-corrected chi connectivity index (χ3v) is 3.41. The largest absolute Gasteiger partial charge is 0.382 e. The Hall–Kier alpha value is -2.68. The summed E-state index contributed by atoms with van der Waals surface area (Å²) in [6.45, 7) is 2.07. The van der Waals surface area contributed by atoms with Crippen LogP contribution >= 0.6 is 0 Å². The quantitative estimate of drug-likeness (QED) is 0.794. The van der Waals surface area contributed by atoms with Gasteiger partial charge in [0.1, 0.15) is 5.82 Å². The number of anilines is 1. The van der Waals surface area contributed by atoms with Crippen LogP contribution in [0, 0.1) is 6.92 Å². The van der Waals surface area contributed by atoms with E-state index in [1.54, 1.807) is 6.20 Å². The van der Waals surface area contributed by atoms with Crippen LogP contribution in [0.25, 0.3) is 11.3 Å². The Morgan fingerprint density at radius 3 is 2.57 bits per heavy atom. The first kappa shape index (κ1) is 13.3. The second-order valence-electron chi connectivity index (χ2n) is 5.12. The van der Waals surface area contributed by atoms with E-state index in [-0.39, 0.29) is 0 Å². The van der Waals surface area contributed by atoms with Gasteiger partial charge in [0.05, 0.1) is 17.6 Å². The number of nitrogens with two attached hydrogens (primary N) is 1. The SMILES string of the molecule is Cc1cccc(-c2cnc(N)c(Cc3ccccc3)n2)c1. The molecule has 21 heavy (non-hydrogen) atoms. The van der Waals surface area contributed by atoms with Crippen molar-refractivity contribution in [2.75, 3.05) is 5.73 Å². The van der Waals surface area contributed by atoms with E-state index < -0.39 is 0 Å². The molecule has 3 heteroatoms. The second kappa shape index (κ2) is 5.75. The molecule has 0 fully saturated rings. The number of aromatic nitrogens is 2. The second-order valence-corrected chi connectivity index (χ2v) is 5.12. The lowest BCUT2D eigenvalue weighted by molar-refractivity contribution is 1.04. The molecule has 0 saturated carbocycles. The molecule has 1 heterocycles. The number of hydrogen-bond donors (Lipinski definition) is 1. The fourth-order valence-electron chi connectivity index (χ4n) is 2.30. The van der Waals surface area contributed by atoms with Gasteiger partial charge in [-0.1, -0.05) is 54.1 Å². The molecule has 3 rings (SSSR count). The standard InChI is InChI=1S/C18H17N3/c1-13-6-5-9-15(10-13)17-12-20-18(19)16(21-17)11-14-7-3-2-4-8-14/h2-10,12H,11H2,1H3,(H2,19,20). The third-order valence-electron chi connectivity index (χ3n) is 3.41. The molecule has 0 radical (unpaired) electrons. The summed E-state index contributed by atoms with van der Waals surface area (Å²) in [6, 6.07) is 18.4. The number of benzene rings is 2. The summed E-state index contributed by atoms with van der Waals surface area (Å²) in [5.41, 5.74) is 11.1. The van der Waals surface area contributed by atoms with Crippen molar-refractivity contribution in [3.63, 3.8) is 0 Å². The predicted octanol–water partition coefficient (Wildman–Crippen LogP) is 3.63. The fourth-order valence-corrected chi connectivity index (χ4v) is 2.30. The van der Waals surface area contributed by atoms with E-state index in [1.807, 2.05) is 30.3 Å². The fraction of sp³-hybridized carbons (Fsp3) is 0.111. The minimum atomic E-state index is 0.496. The molecule has 0 saturated heterocycles. The lowest BCUT2D eigenvalue weighted by Crippen LogP contribution is -2.03. The highest BCUT2D eigenvalue weighted by molar-refractivity contribution is 5.60. The third kappa shape index (κ3) is 3.08. The Kier molecular flexibility index (Phi) is 3.65. The van der Waals surface area contributed by atoms with Gasteiger partial charge in [-0.25, -0.2) is 9.97 Å². The first-order chi connectivity index (χ1) is 10.2. The van der Waals surface area contributed by atoms with Gasteiger partial charge in [-0.3, -0.25) is 0 Å². The van der Waals surface area contributed by atoms with Crippen molar-refractivity contribution in [1.29, 1.82) is 0 Å². The maximum atomic E-state index is 5.97. The number of rotatable bonds is 3. The van der Waals surface area contributed by atoms with Crippen molar-refractivity contribution >= 4 is 5.82 Å². The van der Waals surface area contributed by atoms with Gasteiger partial charge in [-0.05, 0) is 18.6 Å². The number of nitrogen functional groups attached to an aromatic ring is 1. The molecule has 0 aliphatic carbocycles.